The Kier molecular flexibility index (Phi) is 8.52. The van der Waals surface area contributed by atoms with Crippen LogP contribution in [0, 0.1) is 12.8 Å². The zero-order chi connectivity index (χ0) is 30.7. The lowest BCUT2D eigenvalue weighted by atomic mass is 9.80. The molecule has 3 atom stereocenters. The van der Waals surface area contributed by atoms with Gasteiger partial charge >= 0.3 is 11.7 Å². The highest BCUT2D eigenvalue weighted by molar-refractivity contribution is 5.71. The molecule has 0 spiro atoms. The third-order valence-electron chi connectivity index (χ3n) is 7.98. The Bertz CT molecular complexity index is 1650. The molecule has 0 saturated carbocycles. The second kappa shape index (κ2) is 12.3. The molecule has 1 aliphatic rings. The molecule has 1 aromatic heterocycles. The highest BCUT2D eigenvalue weighted by Crippen LogP contribution is 2.43. The first-order valence-corrected chi connectivity index (χ1v) is 13.8. The Morgan fingerprint density at radius 2 is 1.44 bits per heavy atom. The predicted octanol–water partition coefficient (Wildman–Crippen LogP) is 3.87. The first kappa shape index (κ1) is 29.8. The fraction of sp³-hybridized carbons (Fsp3) is 0.303. The van der Waals surface area contributed by atoms with Crippen molar-refractivity contribution in [3.8, 4) is 11.5 Å². The number of ether oxygens (including phenoxy) is 4. The van der Waals surface area contributed by atoms with Crippen molar-refractivity contribution in [2.24, 2.45) is 13.0 Å². The van der Waals surface area contributed by atoms with Gasteiger partial charge in [0.25, 0.3) is 5.56 Å². The van der Waals surface area contributed by atoms with Crippen LogP contribution >= 0.6 is 0 Å². The molecule has 2 heterocycles. The molecular formula is C33H34N2O8. The lowest BCUT2D eigenvalue weighted by Gasteiger charge is -2.37. The minimum Gasteiger partial charge on any atom is -0.497 e. The maximum Gasteiger partial charge on any atom is 0.332 e. The molecular weight excluding hydrogens is 552 g/mol. The molecule has 1 N–H and O–H groups in total. The molecule has 0 unspecified atom stereocenters. The number of aliphatic carboxylic acids is 1. The molecule has 5 rings (SSSR count). The summed E-state index contributed by atoms with van der Waals surface area (Å²) in [6.07, 6.45) is -0.336. The van der Waals surface area contributed by atoms with Crippen LogP contribution in [0.25, 0.3) is 0 Å². The molecule has 4 aromatic rings. The largest absolute Gasteiger partial charge is 0.497 e. The molecule has 0 bridgehead atoms. The summed E-state index contributed by atoms with van der Waals surface area (Å²) in [5, 5.41) is 10.2. The summed E-state index contributed by atoms with van der Waals surface area (Å²) in [6.45, 7) is 1.49. The molecule has 0 amide bonds. The number of carboxylic acid groups (broad SMARTS) is 1. The van der Waals surface area contributed by atoms with Gasteiger partial charge < -0.3 is 24.1 Å². The van der Waals surface area contributed by atoms with Crippen LogP contribution in [0.2, 0.25) is 0 Å². The summed E-state index contributed by atoms with van der Waals surface area (Å²) in [4.78, 5) is 37.6. The number of hydrogen-bond acceptors (Lipinski definition) is 7. The summed E-state index contributed by atoms with van der Waals surface area (Å²) in [5.74, 6) is -0.683. The van der Waals surface area contributed by atoms with Crippen molar-refractivity contribution in [2.45, 2.75) is 31.3 Å². The summed E-state index contributed by atoms with van der Waals surface area (Å²) in [7, 11) is 4.57. The lowest BCUT2D eigenvalue weighted by Crippen LogP contribution is -2.40. The molecule has 0 radical (unpaired) electrons. The average molecular weight is 587 g/mol. The van der Waals surface area contributed by atoms with Gasteiger partial charge in [-0.15, -0.1) is 0 Å². The van der Waals surface area contributed by atoms with E-state index in [0.717, 1.165) is 21.3 Å². The first-order valence-electron chi connectivity index (χ1n) is 13.8. The minimum atomic E-state index is -1.17. The van der Waals surface area contributed by atoms with Crippen molar-refractivity contribution in [2.75, 3.05) is 20.8 Å². The van der Waals surface area contributed by atoms with E-state index < -0.39 is 41.1 Å². The minimum absolute atomic E-state index is 0.0321. The monoisotopic (exact) mass is 586 g/mol. The highest BCUT2D eigenvalue weighted by Gasteiger charge is 2.45. The van der Waals surface area contributed by atoms with Crippen molar-refractivity contribution in [3.05, 3.63) is 128 Å². The molecule has 10 heteroatoms. The maximum atomic E-state index is 12.9. The number of nitrogens with zero attached hydrogens (tertiary/aromatic N) is 2. The Morgan fingerprint density at radius 1 is 0.907 bits per heavy atom. The van der Waals surface area contributed by atoms with Crippen LogP contribution in [0.15, 0.2) is 94.6 Å². The van der Waals surface area contributed by atoms with E-state index in [-0.39, 0.29) is 13.0 Å². The molecule has 43 heavy (non-hydrogen) atoms. The van der Waals surface area contributed by atoms with E-state index in [4.69, 9.17) is 18.9 Å². The van der Waals surface area contributed by atoms with Crippen LogP contribution in [0.4, 0.5) is 0 Å². The van der Waals surface area contributed by atoms with E-state index in [0.29, 0.717) is 17.1 Å². The van der Waals surface area contributed by atoms with Gasteiger partial charge in [0.1, 0.15) is 23.3 Å². The van der Waals surface area contributed by atoms with Crippen LogP contribution in [0.5, 0.6) is 11.5 Å². The van der Waals surface area contributed by atoms with Crippen molar-refractivity contribution >= 4 is 5.97 Å². The Labute approximate surface area is 248 Å². The van der Waals surface area contributed by atoms with Crippen molar-refractivity contribution in [1.29, 1.82) is 0 Å². The highest BCUT2D eigenvalue weighted by atomic mass is 16.6. The number of rotatable bonds is 10. The topological polar surface area (TPSA) is 118 Å². The fourth-order valence-electron chi connectivity index (χ4n) is 5.65. The number of hydrogen-bond donors (Lipinski definition) is 1. The van der Waals surface area contributed by atoms with Crippen LogP contribution in [0.3, 0.4) is 0 Å². The zero-order valence-corrected chi connectivity index (χ0v) is 24.4. The van der Waals surface area contributed by atoms with Gasteiger partial charge in [-0.25, -0.2) is 4.79 Å². The summed E-state index contributed by atoms with van der Waals surface area (Å²) in [6, 6.07) is 24.7. The Morgan fingerprint density at radius 3 is 1.95 bits per heavy atom. The average Bonchev–Trinajstić information content (AvgIpc) is 3.47. The Hall–Kier alpha value is -4.67. The van der Waals surface area contributed by atoms with Gasteiger partial charge in [0, 0.05) is 25.2 Å². The normalized spacial score (nSPS) is 18.4. The van der Waals surface area contributed by atoms with Crippen LogP contribution in [0.1, 0.15) is 34.9 Å². The molecule has 224 valence electrons. The summed E-state index contributed by atoms with van der Waals surface area (Å²) < 4.78 is 26.2. The van der Waals surface area contributed by atoms with Gasteiger partial charge in [-0.05, 0) is 47.9 Å². The van der Waals surface area contributed by atoms with Gasteiger partial charge in [0.05, 0.1) is 32.8 Å². The fourth-order valence-corrected chi connectivity index (χ4v) is 5.65. The van der Waals surface area contributed by atoms with Crippen molar-refractivity contribution in [1.82, 2.24) is 9.13 Å². The number of methoxy groups -OCH3 is 2. The van der Waals surface area contributed by atoms with Gasteiger partial charge in [-0.2, -0.15) is 0 Å². The van der Waals surface area contributed by atoms with Gasteiger partial charge in [-0.3, -0.25) is 18.7 Å². The van der Waals surface area contributed by atoms with E-state index in [1.165, 1.54) is 17.8 Å². The van der Waals surface area contributed by atoms with Crippen molar-refractivity contribution < 1.29 is 28.8 Å². The van der Waals surface area contributed by atoms with Gasteiger partial charge in [-0.1, -0.05) is 54.6 Å². The van der Waals surface area contributed by atoms with Crippen molar-refractivity contribution in [3.63, 3.8) is 0 Å². The SMILES string of the molecule is COc1ccc(C(OC[C@H]2O[C@@H](n3cc(C)c(=O)n(C)c3=O)C[C@@H]2C(=O)O)(c2ccccc2)c2ccc(OC)cc2)cc1. The zero-order valence-electron chi connectivity index (χ0n) is 24.4. The second-order valence-electron chi connectivity index (χ2n) is 10.5. The van der Waals surface area contributed by atoms with E-state index in [1.807, 2.05) is 78.9 Å². The number of carboxylic acids is 1. The van der Waals surface area contributed by atoms with Crippen LogP contribution in [-0.2, 0) is 26.9 Å². The third kappa shape index (κ3) is 5.59. The predicted molar refractivity (Wildman–Crippen MR) is 159 cm³/mol. The van der Waals surface area contributed by atoms with Gasteiger partial charge in [0.2, 0.25) is 0 Å². The summed E-state index contributed by atoms with van der Waals surface area (Å²) in [5.41, 5.74) is 0.568. The summed E-state index contributed by atoms with van der Waals surface area (Å²) >= 11 is 0. The van der Waals surface area contributed by atoms with E-state index in [2.05, 4.69) is 0 Å². The van der Waals surface area contributed by atoms with Crippen LogP contribution in [-0.4, -0.2) is 47.1 Å². The molecule has 1 fully saturated rings. The molecule has 1 saturated heterocycles. The lowest BCUT2D eigenvalue weighted by molar-refractivity contribution is -0.146. The third-order valence-corrected chi connectivity index (χ3v) is 7.98. The second-order valence-corrected chi connectivity index (χ2v) is 10.5. The standard InChI is InChI=1S/C33H34N2O8/c1-21-19-35(32(39)34(2)30(21)36)29-18-27(31(37)38)28(43-29)20-42-33(22-8-6-5-7-9-22,23-10-14-25(40-3)15-11-23)24-12-16-26(41-4)17-13-24/h5-17,19,27-29H,18,20H2,1-4H3,(H,37,38)/t27-,28+,29+/m0/s1. The van der Waals surface area contributed by atoms with Gasteiger partial charge in [0.15, 0.2) is 0 Å². The maximum absolute atomic E-state index is 12.9. The molecule has 1 aliphatic heterocycles. The van der Waals surface area contributed by atoms with E-state index >= 15 is 0 Å². The quantitative estimate of drug-likeness (QED) is 0.278. The first-order chi connectivity index (χ1) is 20.7. The molecule has 3 aromatic carbocycles. The Balaban J connectivity index is 1.58. The smallest absolute Gasteiger partial charge is 0.332 e. The number of benzene rings is 3. The van der Waals surface area contributed by atoms with Crippen LogP contribution < -0.4 is 20.7 Å². The number of aryl methyl sites for hydroxylation is 1. The van der Waals surface area contributed by atoms with E-state index in [1.54, 1.807) is 21.1 Å². The van der Waals surface area contributed by atoms with E-state index in [9.17, 15) is 19.5 Å². The number of aromatic nitrogens is 2. The molecule has 10 nitrogen and oxygen atoms in total. The molecule has 0 aliphatic carbocycles. The number of carbonyl (C=O) groups is 1.